The molecule has 1 aliphatic heterocycles. The lowest BCUT2D eigenvalue weighted by Gasteiger charge is -2.26. The second-order valence-electron chi connectivity index (χ2n) is 8.30. The zero-order valence-corrected chi connectivity index (χ0v) is 19.7. The van der Waals surface area contributed by atoms with Gasteiger partial charge < -0.3 is 25.3 Å². The standard InChI is InChI=1S/C27H26N6O3/c28-18-19-15-20(17-21(16-19)35-14-11-33-9-12-34-13-10-33)31-27-30-8-7-26(32-27)36-25-6-5-24(29)22-3-1-2-4-23(22)25/h1-8,15-17H,9-14,29H2,(H,30,31,32). The van der Waals surface area contributed by atoms with Crippen molar-refractivity contribution in [3.8, 4) is 23.4 Å². The first-order valence-electron chi connectivity index (χ1n) is 11.7. The largest absolute Gasteiger partial charge is 0.492 e. The van der Waals surface area contributed by atoms with Crippen LogP contribution >= 0.6 is 0 Å². The van der Waals surface area contributed by atoms with Crippen molar-refractivity contribution in [2.24, 2.45) is 0 Å². The summed E-state index contributed by atoms with van der Waals surface area (Å²) < 4.78 is 17.4. The van der Waals surface area contributed by atoms with Crippen molar-refractivity contribution in [1.29, 1.82) is 5.26 Å². The van der Waals surface area contributed by atoms with Crippen LogP contribution in [0.4, 0.5) is 17.3 Å². The summed E-state index contributed by atoms with van der Waals surface area (Å²) in [6.45, 7) is 4.60. The quantitative estimate of drug-likeness (QED) is 0.354. The summed E-state index contributed by atoms with van der Waals surface area (Å²) in [5.74, 6) is 1.96. The average Bonchev–Trinajstić information content (AvgIpc) is 2.91. The van der Waals surface area contributed by atoms with Crippen LogP contribution < -0.4 is 20.5 Å². The highest BCUT2D eigenvalue weighted by Gasteiger charge is 2.11. The van der Waals surface area contributed by atoms with Crippen molar-refractivity contribution < 1.29 is 14.2 Å². The molecule has 0 aliphatic carbocycles. The van der Waals surface area contributed by atoms with Gasteiger partial charge in [-0.15, -0.1) is 0 Å². The maximum atomic E-state index is 9.48. The van der Waals surface area contributed by atoms with Gasteiger partial charge in [-0.05, 0) is 24.3 Å². The third kappa shape index (κ3) is 5.63. The number of nitrogens with one attached hydrogen (secondary N) is 1. The summed E-state index contributed by atoms with van der Waals surface area (Å²) in [4.78, 5) is 11.1. The van der Waals surface area contributed by atoms with Crippen LogP contribution in [-0.4, -0.2) is 54.3 Å². The van der Waals surface area contributed by atoms with Crippen LogP contribution in [0.3, 0.4) is 0 Å². The molecule has 2 heterocycles. The zero-order valence-electron chi connectivity index (χ0n) is 19.7. The summed E-state index contributed by atoms with van der Waals surface area (Å²) in [6, 6.07) is 20.5. The number of hydrogen-bond donors (Lipinski definition) is 2. The Bertz CT molecular complexity index is 1400. The van der Waals surface area contributed by atoms with Crippen molar-refractivity contribution in [1.82, 2.24) is 14.9 Å². The molecule has 0 spiro atoms. The highest BCUT2D eigenvalue weighted by molar-refractivity contribution is 5.97. The number of anilines is 3. The van der Waals surface area contributed by atoms with Crippen molar-refractivity contribution in [3.63, 3.8) is 0 Å². The summed E-state index contributed by atoms with van der Waals surface area (Å²) >= 11 is 0. The molecule has 0 atom stereocenters. The number of benzene rings is 3. The Morgan fingerprint density at radius 2 is 1.89 bits per heavy atom. The predicted molar refractivity (Wildman–Crippen MR) is 138 cm³/mol. The Kier molecular flexibility index (Phi) is 7.07. The number of aromatic nitrogens is 2. The fourth-order valence-corrected chi connectivity index (χ4v) is 4.02. The first kappa shape index (κ1) is 23.4. The second kappa shape index (κ2) is 10.9. The fraction of sp³-hybridized carbons (Fsp3) is 0.222. The van der Waals surface area contributed by atoms with Gasteiger partial charge >= 0.3 is 0 Å². The molecule has 0 radical (unpaired) electrons. The molecule has 4 aromatic rings. The molecule has 1 fully saturated rings. The summed E-state index contributed by atoms with van der Waals surface area (Å²) in [6.07, 6.45) is 1.61. The Morgan fingerprint density at radius 3 is 2.72 bits per heavy atom. The molecule has 182 valence electrons. The van der Waals surface area contributed by atoms with Crippen LogP contribution in [0.2, 0.25) is 0 Å². The van der Waals surface area contributed by atoms with Gasteiger partial charge in [-0.2, -0.15) is 10.2 Å². The minimum atomic E-state index is 0.335. The minimum absolute atomic E-state index is 0.335. The lowest BCUT2D eigenvalue weighted by Crippen LogP contribution is -2.38. The number of nitrogens with two attached hydrogens (primary N) is 1. The second-order valence-corrected chi connectivity index (χ2v) is 8.30. The number of nitrogen functional groups attached to an aromatic ring is 1. The molecule has 9 nitrogen and oxygen atoms in total. The SMILES string of the molecule is N#Cc1cc(Nc2nccc(Oc3ccc(N)c4ccccc34)n2)cc(OCCN2CCOCC2)c1. The van der Waals surface area contributed by atoms with E-state index in [2.05, 4.69) is 26.3 Å². The fourth-order valence-electron chi connectivity index (χ4n) is 4.02. The van der Waals surface area contributed by atoms with Gasteiger partial charge in [0.15, 0.2) is 0 Å². The normalized spacial score (nSPS) is 13.8. The zero-order chi connectivity index (χ0) is 24.7. The molecule has 1 aliphatic rings. The summed E-state index contributed by atoms with van der Waals surface area (Å²) in [5, 5.41) is 14.4. The molecule has 0 bridgehead atoms. The van der Waals surface area contributed by atoms with Gasteiger partial charge in [0.25, 0.3) is 0 Å². The molecule has 36 heavy (non-hydrogen) atoms. The van der Waals surface area contributed by atoms with E-state index in [1.807, 2.05) is 42.5 Å². The Balaban J connectivity index is 1.29. The van der Waals surface area contributed by atoms with Crippen LogP contribution in [0.25, 0.3) is 10.8 Å². The van der Waals surface area contributed by atoms with Crippen LogP contribution in [0.1, 0.15) is 5.56 Å². The Morgan fingerprint density at radius 1 is 1.06 bits per heavy atom. The third-order valence-corrected chi connectivity index (χ3v) is 5.83. The molecule has 1 aromatic heterocycles. The van der Waals surface area contributed by atoms with E-state index in [1.165, 1.54) is 0 Å². The van der Waals surface area contributed by atoms with Gasteiger partial charge in [0, 0.05) is 60.1 Å². The molecule has 3 N–H and O–H groups in total. The number of nitriles is 1. The van der Waals surface area contributed by atoms with E-state index in [1.54, 1.807) is 24.4 Å². The number of nitrogens with zero attached hydrogens (tertiary/aromatic N) is 4. The molecule has 0 unspecified atom stereocenters. The first-order chi connectivity index (χ1) is 17.7. The molecular weight excluding hydrogens is 456 g/mol. The van der Waals surface area contributed by atoms with Crippen molar-refractivity contribution in [3.05, 3.63) is 72.4 Å². The molecule has 5 rings (SSSR count). The van der Waals surface area contributed by atoms with E-state index in [9.17, 15) is 5.26 Å². The van der Waals surface area contributed by atoms with Gasteiger partial charge in [0.1, 0.15) is 18.1 Å². The van der Waals surface area contributed by atoms with E-state index in [0.717, 1.165) is 43.6 Å². The monoisotopic (exact) mass is 482 g/mol. The minimum Gasteiger partial charge on any atom is -0.492 e. The van der Waals surface area contributed by atoms with Crippen LogP contribution in [-0.2, 0) is 4.74 Å². The maximum Gasteiger partial charge on any atom is 0.230 e. The van der Waals surface area contributed by atoms with Crippen molar-refractivity contribution >= 4 is 28.1 Å². The van der Waals surface area contributed by atoms with E-state index in [0.29, 0.717) is 46.9 Å². The molecule has 3 aromatic carbocycles. The van der Waals surface area contributed by atoms with Crippen LogP contribution in [0.15, 0.2) is 66.9 Å². The van der Waals surface area contributed by atoms with Crippen LogP contribution in [0, 0.1) is 11.3 Å². The summed E-state index contributed by atoms with van der Waals surface area (Å²) in [5.41, 5.74) is 7.90. The molecule has 1 saturated heterocycles. The maximum absolute atomic E-state index is 9.48. The van der Waals surface area contributed by atoms with Gasteiger partial charge in [0.2, 0.25) is 11.8 Å². The number of ether oxygens (including phenoxy) is 3. The highest BCUT2D eigenvalue weighted by Crippen LogP contribution is 2.33. The summed E-state index contributed by atoms with van der Waals surface area (Å²) in [7, 11) is 0. The Hall–Kier alpha value is -4.39. The van der Waals surface area contributed by atoms with Crippen molar-refractivity contribution in [2.45, 2.75) is 0 Å². The number of fused-ring (bicyclic) bond motifs is 1. The molecule has 9 heteroatoms. The van der Waals surface area contributed by atoms with Gasteiger partial charge in [-0.3, -0.25) is 4.90 Å². The van der Waals surface area contributed by atoms with Crippen molar-refractivity contribution in [2.75, 3.05) is 50.5 Å². The lowest BCUT2D eigenvalue weighted by molar-refractivity contribution is 0.0322. The first-order valence-corrected chi connectivity index (χ1v) is 11.7. The van der Waals surface area contributed by atoms with E-state index >= 15 is 0 Å². The topological polar surface area (TPSA) is 119 Å². The number of morpholine rings is 1. The third-order valence-electron chi connectivity index (χ3n) is 5.83. The Labute approximate surface area is 209 Å². The smallest absolute Gasteiger partial charge is 0.230 e. The molecule has 0 saturated carbocycles. The highest BCUT2D eigenvalue weighted by atomic mass is 16.5. The number of rotatable bonds is 8. The molecule has 0 amide bonds. The number of hydrogen-bond acceptors (Lipinski definition) is 9. The van der Waals surface area contributed by atoms with E-state index in [-0.39, 0.29) is 0 Å². The predicted octanol–water partition coefficient (Wildman–Crippen LogP) is 4.33. The van der Waals surface area contributed by atoms with Gasteiger partial charge in [-0.25, -0.2) is 4.98 Å². The van der Waals surface area contributed by atoms with E-state index < -0.39 is 0 Å². The average molecular weight is 483 g/mol. The van der Waals surface area contributed by atoms with Crippen LogP contribution in [0.5, 0.6) is 17.4 Å². The lowest BCUT2D eigenvalue weighted by atomic mass is 10.1. The molecular formula is C27H26N6O3. The van der Waals surface area contributed by atoms with Gasteiger partial charge in [-0.1, -0.05) is 24.3 Å². The van der Waals surface area contributed by atoms with Gasteiger partial charge in [0.05, 0.1) is 24.8 Å². The van der Waals surface area contributed by atoms with E-state index in [4.69, 9.17) is 19.9 Å².